The summed E-state index contributed by atoms with van der Waals surface area (Å²) in [6.07, 6.45) is 11.5. The molecule has 0 atom stereocenters. The highest BCUT2D eigenvalue weighted by Crippen LogP contribution is 2.33. The summed E-state index contributed by atoms with van der Waals surface area (Å²) in [5, 5.41) is 11.7. The van der Waals surface area contributed by atoms with E-state index in [1.54, 1.807) is 11.1 Å². The van der Waals surface area contributed by atoms with Crippen molar-refractivity contribution in [1.29, 1.82) is 0 Å². The Morgan fingerprint density at radius 1 is 1.25 bits per heavy atom. The molecule has 0 saturated heterocycles. The van der Waals surface area contributed by atoms with Crippen LogP contribution in [0, 0.1) is 6.92 Å². The van der Waals surface area contributed by atoms with Gasteiger partial charge < -0.3 is 4.90 Å². The van der Waals surface area contributed by atoms with E-state index in [9.17, 15) is 4.79 Å². The van der Waals surface area contributed by atoms with Crippen LogP contribution in [0.25, 0.3) is 5.69 Å². The van der Waals surface area contributed by atoms with E-state index in [-0.39, 0.29) is 5.91 Å². The zero-order chi connectivity index (χ0) is 19.5. The monoisotopic (exact) mass is 377 g/mol. The first-order chi connectivity index (χ1) is 13.6. The molecule has 6 heteroatoms. The van der Waals surface area contributed by atoms with Crippen molar-refractivity contribution < 1.29 is 4.79 Å². The summed E-state index contributed by atoms with van der Waals surface area (Å²) in [6.45, 7) is 2.58. The number of amides is 1. The van der Waals surface area contributed by atoms with Crippen LogP contribution in [0.3, 0.4) is 0 Å². The van der Waals surface area contributed by atoms with Gasteiger partial charge in [-0.3, -0.25) is 9.89 Å². The minimum atomic E-state index is 0.0117. The fourth-order valence-corrected chi connectivity index (χ4v) is 4.07. The van der Waals surface area contributed by atoms with Crippen molar-refractivity contribution in [2.45, 2.75) is 51.5 Å². The van der Waals surface area contributed by atoms with Crippen molar-refractivity contribution in [3.63, 3.8) is 0 Å². The van der Waals surface area contributed by atoms with E-state index in [1.165, 1.54) is 24.8 Å². The molecule has 1 aliphatic rings. The first-order valence-electron chi connectivity index (χ1n) is 10.0. The molecule has 1 amide bonds. The number of benzene rings is 1. The van der Waals surface area contributed by atoms with Crippen molar-refractivity contribution in [1.82, 2.24) is 24.9 Å². The van der Waals surface area contributed by atoms with Crippen molar-refractivity contribution in [2.24, 2.45) is 0 Å². The summed E-state index contributed by atoms with van der Waals surface area (Å²) in [5.74, 6) is 0.435. The van der Waals surface area contributed by atoms with Gasteiger partial charge in [0.05, 0.1) is 29.3 Å². The minimum Gasteiger partial charge on any atom is -0.337 e. The van der Waals surface area contributed by atoms with Crippen LogP contribution in [0.1, 0.15) is 65.2 Å². The summed E-state index contributed by atoms with van der Waals surface area (Å²) in [7, 11) is 1.84. The van der Waals surface area contributed by atoms with Crippen LogP contribution in [-0.2, 0) is 6.54 Å². The number of aromatic amines is 1. The molecule has 0 spiro atoms. The molecule has 3 aromatic rings. The number of carbonyl (C=O) groups excluding carboxylic acids is 1. The molecule has 0 aliphatic heterocycles. The number of nitrogens with zero attached hydrogens (tertiary/aromatic N) is 4. The van der Waals surface area contributed by atoms with E-state index in [4.69, 9.17) is 0 Å². The summed E-state index contributed by atoms with van der Waals surface area (Å²) < 4.78 is 1.85. The van der Waals surface area contributed by atoms with Crippen LogP contribution in [0.4, 0.5) is 0 Å². The van der Waals surface area contributed by atoms with Crippen LogP contribution in [0.5, 0.6) is 0 Å². The second-order valence-electron chi connectivity index (χ2n) is 7.83. The van der Waals surface area contributed by atoms with E-state index in [2.05, 4.69) is 34.4 Å². The molecule has 1 aliphatic carbocycles. The van der Waals surface area contributed by atoms with E-state index in [0.29, 0.717) is 18.0 Å². The van der Waals surface area contributed by atoms with E-state index in [1.807, 2.05) is 36.3 Å². The molecule has 4 rings (SSSR count). The molecule has 2 aromatic heterocycles. The molecule has 2 heterocycles. The Hall–Kier alpha value is -2.89. The minimum absolute atomic E-state index is 0.0117. The van der Waals surface area contributed by atoms with Gasteiger partial charge in [0, 0.05) is 31.3 Å². The average Bonchev–Trinajstić information content (AvgIpc) is 3.38. The number of H-pyrrole nitrogens is 1. The Morgan fingerprint density at radius 2 is 2.07 bits per heavy atom. The van der Waals surface area contributed by atoms with Crippen LogP contribution in [0.2, 0.25) is 0 Å². The summed E-state index contributed by atoms with van der Waals surface area (Å²) in [5.41, 5.74) is 4.93. The first-order valence-corrected chi connectivity index (χ1v) is 10.0. The Bertz CT molecular complexity index is 951. The highest BCUT2D eigenvalue weighted by atomic mass is 16.2. The lowest BCUT2D eigenvalue weighted by Gasteiger charge is -2.22. The molecule has 0 radical (unpaired) electrons. The fourth-order valence-electron chi connectivity index (χ4n) is 4.07. The Balaban J connectivity index is 1.46. The van der Waals surface area contributed by atoms with Crippen molar-refractivity contribution in [2.75, 3.05) is 7.05 Å². The van der Waals surface area contributed by atoms with E-state index >= 15 is 0 Å². The van der Waals surface area contributed by atoms with Gasteiger partial charge in [-0.25, -0.2) is 4.68 Å². The molecule has 1 N–H and O–H groups in total. The molecule has 1 fully saturated rings. The Morgan fingerprint density at radius 3 is 2.86 bits per heavy atom. The number of rotatable bonds is 5. The lowest BCUT2D eigenvalue weighted by Crippen LogP contribution is -2.27. The summed E-state index contributed by atoms with van der Waals surface area (Å²) in [4.78, 5) is 14.8. The van der Waals surface area contributed by atoms with Gasteiger partial charge in [0.15, 0.2) is 0 Å². The third kappa shape index (κ3) is 3.86. The maximum absolute atomic E-state index is 13.0. The van der Waals surface area contributed by atoms with E-state index < -0.39 is 0 Å². The molecule has 0 unspecified atom stereocenters. The SMILES string of the molecule is Cc1cccc(-n2cc(CN(C)C(=O)c3cn[nH]c3C3CCCCC3)cn2)c1. The lowest BCUT2D eigenvalue weighted by molar-refractivity contribution is 0.0783. The van der Waals surface area contributed by atoms with Gasteiger partial charge in [0.1, 0.15) is 0 Å². The standard InChI is InChI=1S/C22H27N5O/c1-16-7-6-10-19(11-16)27-15-17(12-24-27)14-26(2)22(28)20-13-23-25-21(20)18-8-4-3-5-9-18/h6-7,10-13,15,18H,3-5,8-9,14H2,1-2H3,(H,23,25). The molecule has 1 saturated carbocycles. The highest BCUT2D eigenvalue weighted by molar-refractivity contribution is 5.95. The zero-order valence-corrected chi connectivity index (χ0v) is 16.6. The maximum atomic E-state index is 13.0. The lowest BCUT2D eigenvalue weighted by atomic mass is 9.85. The second-order valence-corrected chi connectivity index (χ2v) is 7.83. The van der Waals surface area contributed by atoms with Gasteiger partial charge in [-0.2, -0.15) is 10.2 Å². The number of hydrogen-bond donors (Lipinski definition) is 1. The van der Waals surface area contributed by atoms with E-state index in [0.717, 1.165) is 29.8 Å². The normalized spacial score (nSPS) is 14.9. The summed E-state index contributed by atoms with van der Waals surface area (Å²) >= 11 is 0. The smallest absolute Gasteiger partial charge is 0.257 e. The van der Waals surface area contributed by atoms with Crippen LogP contribution in [-0.4, -0.2) is 37.8 Å². The number of carbonyl (C=O) groups is 1. The van der Waals surface area contributed by atoms with Crippen LogP contribution >= 0.6 is 0 Å². The third-order valence-corrected chi connectivity index (χ3v) is 5.58. The largest absolute Gasteiger partial charge is 0.337 e. The zero-order valence-electron chi connectivity index (χ0n) is 16.6. The maximum Gasteiger partial charge on any atom is 0.257 e. The van der Waals surface area contributed by atoms with Gasteiger partial charge in [0.2, 0.25) is 0 Å². The van der Waals surface area contributed by atoms with Gasteiger partial charge in [0.25, 0.3) is 5.91 Å². The number of nitrogens with one attached hydrogen (secondary N) is 1. The van der Waals surface area contributed by atoms with Crippen molar-refractivity contribution >= 4 is 5.91 Å². The number of aromatic nitrogens is 4. The van der Waals surface area contributed by atoms with Gasteiger partial charge >= 0.3 is 0 Å². The quantitative estimate of drug-likeness (QED) is 0.724. The molecule has 146 valence electrons. The van der Waals surface area contributed by atoms with Crippen LogP contribution < -0.4 is 0 Å². The Labute approximate surface area is 165 Å². The molecule has 28 heavy (non-hydrogen) atoms. The highest BCUT2D eigenvalue weighted by Gasteiger charge is 2.25. The molecule has 0 bridgehead atoms. The molecular formula is C22H27N5O. The first kappa shape index (κ1) is 18.5. The van der Waals surface area contributed by atoms with Crippen molar-refractivity contribution in [3.8, 4) is 5.69 Å². The molecule has 6 nitrogen and oxygen atoms in total. The van der Waals surface area contributed by atoms with Gasteiger partial charge in [-0.15, -0.1) is 0 Å². The predicted octanol–water partition coefficient (Wildman–Crippen LogP) is 4.22. The predicted molar refractivity (Wildman–Crippen MR) is 109 cm³/mol. The van der Waals surface area contributed by atoms with Gasteiger partial charge in [-0.1, -0.05) is 31.4 Å². The number of hydrogen-bond acceptors (Lipinski definition) is 3. The summed E-state index contributed by atoms with van der Waals surface area (Å²) in [6, 6.07) is 8.21. The molecular weight excluding hydrogens is 350 g/mol. The van der Waals surface area contributed by atoms with Crippen molar-refractivity contribution in [3.05, 3.63) is 65.2 Å². The van der Waals surface area contributed by atoms with Gasteiger partial charge in [-0.05, 0) is 37.5 Å². The number of aryl methyl sites for hydroxylation is 1. The Kier molecular flexibility index (Phi) is 5.28. The fraction of sp³-hybridized carbons (Fsp3) is 0.409. The average molecular weight is 377 g/mol. The second kappa shape index (κ2) is 8.00. The van der Waals surface area contributed by atoms with Crippen LogP contribution in [0.15, 0.2) is 42.9 Å². The topological polar surface area (TPSA) is 66.8 Å². The third-order valence-electron chi connectivity index (χ3n) is 5.58. The molecule has 1 aromatic carbocycles.